The summed E-state index contributed by atoms with van der Waals surface area (Å²) in [6, 6.07) is 0. The van der Waals surface area contributed by atoms with Gasteiger partial charge in [-0.1, -0.05) is 48.0 Å². The van der Waals surface area contributed by atoms with E-state index < -0.39 is 0 Å². The standard InChI is InChI=1S/C29H50O2/c1-7-19-10-15-29(18-30)17-16-27(5)20(24(19)29)8-9-22-26(4)13-12-23(31)25(2,3)21(26)11-14-28(22,27)6/h19-24,30-31H,7-18H2,1-6H3/t19-,20-,21+,22-,23+,24-,26+,27-,28-,29?/m1/s1. The molecule has 10 atom stereocenters. The average Bonchev–Trinajstić information content (AvgIpc) is 3.11. The summed E-state index contributed by atoms with van der Waals surface area (Å²) in [6.45, 7) is 15.6. The Balaban J connectivity index is 1.54. The van der Waals surface area contributed by atoms with Crippen LogP contribution in [-0.2, 0) is 0 Å². The molecule has 0 amide bonds. The highest BCUT2D eigenvalue weighted by Gasteiger charge is 2.70. The van der Waals surface area contributed by atoms with Crippen molar-refractivity contribution in [2.45, 2.75) is 118 Å². The van der Waals surface area contributed by atoms with E-state index in [2.05, 4.69) is 41.5 Å². The van der Waals surface area contributed by atoms with Crippen molar-refractivity contribution in [1.82, 2.24) is 0 Å². The van der Waals surface area contributed by atoms with Crippen LogP contribution in [0.25, 0.3) is 0 Å². The van der Waals surface area contributed by atoms with Gasteiger partial charge in [0, 0.05) is 6.61 Å². The molecular weight excluding hydrogens is 380 g/mol. The monoisotopic (exact) mass is 430 g/mol. The highest BCUT2D eigenvalue weighted by atomic mass is 16.3. The van der Waals surface area contributed by atoms with Gasteiger partial charge in [-0.15, -0.1) is 0 Å². The van der Waals surface area contributed by atoms with Crippen LogP contribution in [0.5, 0.6) is 0 Å². The molecule has 178 valence electrons. The lowest BCUT2D eigenvalue weighted by Gasteiger charge is -2.73. The maximum Gasteiger partial charge on any atom is 0.0594 e. The molecule has 0 radical (unpaired) electrons. The molecule has 0 bridgehead atoms. The minimum atomic E-state index is -0.134. The molecule has 31 heavy (non-hydrogen) atoms. The van der Waals surface area contributed by atoms with Crippen molar-refractivity contribution in [3.05, 3.63) is 0 Å². The van der Waals surface area contributed by atoms with E-state index in [0.717, 1.165) is 30.1 Å². The second-order valence-corrected chi connectivity index (χ2v) is 14.3. The highest BCUT2D eigenvalue weighted by molar-refractivity contribution is 5.19. The summed E-state index contributed by atoms with van der Waals surface area (Å²) in [4.78, 5) is 0. The second kappa shape index (κ2) is 6.97. The number of aliphatic hydroxyl groups excluding tert-OH is 2. The molecule has 5 rings (SSSR count). The zero-order chi connectivity index (χ0) is 22.4. The summed E-state index contributed by atoms with van der Waals surface area (Å²) >= 11 is 0. The zero-order valence-electron chi connectivity index (χ0n) is 21.3. The molecule has 1 unspecified atom stereocenters. The number of rotatable bonds is 2. The van der Waals surface area contributed by atoms with Crippen LogP contribution >= 0.6 is 0 Å². The van der Waals surface area contributed by atoms with Gasteiger partial charge in [0.05, 0.1) is 6.10 Å². The summed E-state index contributed by atoms with van der Waals surface area (Å²) < 4.78 is 0. The Kier molecular flexibility index (Phi) is 5.10. The van der Waals surface area contributed by atoms with Gasteiger partial charge >= 0.3 is 0 Å². The van der Waals surface area contributed by atoms with Crippen LogP contribution in [0.3, 0.4) is 0 Å². The largest absolute Gasteiger partial charge is 0.396 e. The lowest BCUT2D eigenvalue weighted by molar-refractivity contribution is -0.250. The summed E-state index contributed by atoms with van der Waals surface area (Å²) in [5.74, 6) is 3.80. The molecule has 0 heterocycles. The van der Waals surface area contributed by atoms with E-state index in [0.29, 0.717) is 28.8 Å². The van der Waals surface area contributed by atoms with Crippen molar-refractivity contribution in [2.75, 3.05) is 6.61 Å². The molecule has 0 aliphatic heterocycles. The van der Waals surface area contributed by atoms with E-state index in [1.165, 1.54) is 64.2 Å². The molecule has 0 saturated heterocycles. The third-order valence-electron chi connectivity index (χ3n) is 13.6. The Labute approximate surface area is 192 Å². The molecule has 2 N–H and O–H groups in total. The molecule has 5 aliphatic rings. The van der Waals surface area contributed by atoms with Crippen molar-refractivity contribution < 1.29 is 10.2 Å². The SMILES string of the molecule is CC[C@@H]1CCC2(CO)CC[C@]3(C)[C@H](CC[C@@H]4[C@@]5(C)CC[C@H](O)C(C)(C)[C@@H]5CC[C@]43C)[C@@H]12. The summed E-state index contributed by atoms with van der Waals surface area (Å²) in [5, 5.41) is 21.5. The summed E-state index contributed by atoms with van der Waals surface area (Å²) in [6.07, 6.45) is 14.0. The fraction of sp³-hybridized carbons (Fsp3) is 1.00. The van der Waals surface area contributed by atoms with Gasteiger partial charge in [-0.25, -0.2) is 0 Å². The van der Waals surface area contributed by atoms with Crippen LogP contribution in [0.15, 0.2) is 0 Å². The van der Waals surface area contributed by atoms with Crippen molar-refractivity contribution in [1.29, 1.82) is 0 Å². The molecule has 0 spiro atoms. The van der Waals surface area contributed by atoms with Gasteiger partial charge in [0.2, 0.25) is 0 Å². The van der Waals surface area contributed by atoms with Crippen LogP contribution in [-0.4, -0.2) is 22.9 Å². The maximum absolute atomic E-state index is 10.9. The van der Waals surface area contributed by atoms with Crippen molar-refractivity contribution >= 4 is 0 Å². The van der Waals surface area contributed by atoms with Gasteiger partial charge in [-0.3, -0.25) is 0 Å². The van der Waals surface area contributed by atoms with E-state index in [1.807, 2.05) is 0 Å². The number of hydrogen-bond acceptors (Lipinski definition) is 2. The summed E-state index contributed by atoms with van der Waals surface area (Å²) in [7, 11) is 0. The Morgan fingerprint density at radius 1 is 0.742 bits per heavy atom. The van der Waals surface area contributed by atoms with Gasteiger partial charge < -0.3 is 10.2 Å². The van der Waals surface area contributed by atoms with Crippen LogP contribution < -0.4 is 0 Å². The van der Waals surface area contributed by atoms with E-state index in [1.54, 1.807) is 0 Å². The molecule has 2 heteroatoms. The topological polar surface area (TPSA) is 40.5 Å². The van der Waals surface area contributed by atoms with Crippen LogP contribution in [0, 0.1) is 56.7 Å². The van der Waals surface area contributed by atoms with Crippen molar-refractivity contribution in [3.63, 3.8) is 0 Å². The van der Waals surface area contributed by atoms with Crippen LogP contribution in [0.1, 0.15) is 112 Å². The van der Waals surface area contributed by atoms with Crippen molar-refractivity contribution in [3.8, 4) is 0 Å². The van der Waals surface area contributed by atoms with Gasteiger partial charge in [0.25, 0.3) is 0 Å². The smallest absolute Gasteiger partial charge is 0.0594 e. The minimum absolute atomic E-state index is 0.0451. The first-order chi connectivity index (χ1) is 14.5. The number of hydrogen-bond donors (Lipinski definition) is 2. The minimum Gasteiger partial charge on any atom is -0.396 e. The molecule has 5 aliphatic carbocycles. The summed E-state index contributed by atoms with van der Waals surface area (Å²) in [5.41, 5.74) is 1.46. The van der Waals surface area contributed by atoms with E-state index in [-0.39, 0.29) is 16.9 Å². The first kappa shape index (κ1) is 22.7. The van der Waals surface area contributed by atoms with E-state index >= 15 is 0 Å². The molecule has 0 aromatic rings. The van der Waals surface area contributed by atoms with E-state index in [4.69, 9.17) is 0 Å². The van der Waals surface area contributed by atoms with Gasteiger partial charge in [-0.2, -0.15) is 0 Å². The molecule has 2 nitrogen and oxygen atoms in total. The maximum atomic E-state index is 10.9. The molecule has 5 fully saturated rings. The first-order valence-corrected chi connectivity index (χ1v) is 13.8. The predicted octanol–water partition coefficient (Wildman–Crippen LogP) is 6.83. The fourth-order valence-electron chi connectivity index (χ4n) is 11.6. The van der Waals surface area contributed by atoms with Crippen LogP contribution in [0.4, 0.5) is 0 Å². The molecule has 0 aromatic heterocycles. The third-order valence-corrected chi connectivity index (χ3v) is 13.6. The molecule has 0 aromatic carbocycles. The lowest BCUT2D eigenvalue weighted by Crippen LogP contribution is -2.66. The van der Waals surface area contributed by atoms with Gasteiger partial charge in [0.1, 0.15) is 0 Å². The van der Waals surface area contributed by atoms with Crippen molar-refractivity contribution in [2.24, 2.45) is 56.7 Å². The zero-order valence-corrected chi connectivity index (χ0v) is 21.3. The number of aliphatic hydroxyl groups is 2. The quantitative estimate of drug-likeness (QED) is 0.504. The normalized spacial score (nSPS) is 58.1. The van der Waals surface area contributed by atoms with Gasteiger partial charge in [0.15, 0.2) is 0 Å². The molecular formula is C29H50O2. The predicted molar refractivity (Wildman–Crippen MR) is 128 cm³/mol. The lowest BCUT2D eigenvalue weighted by atomic mass is 9.32. The highest BCUT2D eigenvalue weighted by Crippen LogP contribution is 2.77. The number of fused-ring (bicyclic) bond motifs is 7. The van der Waals surface area contributed by atoms with Gasteiger partial charge in [-0.05, 0) is 121 Å². The average molecular weight is 431 g/mol. The Morgan fingerprint density at radius 2 is 1.48 bits per heavy atom. The third kappa shape index (κ3) is 2.64. The molecule has 5 saturated carbocycles. The Bertz CT molecular complexity index is 716. The first-order valence-electron chi connectivity index (χ1n) is 13.8. The fourth-order valence-corrected chi connectivity index (χ4v) is 11.6. The Hall–Kier alpha value is -0.0800. The van der Waals surface area contributed by atoms with Crippen LogP contribution in [0.2, 0.25) is 0 Å². The second-order valence-electron chi connectivity index (χ2n) is 14.3. The van der Waals surface area contributed by atoms with E-state index in [9.17, 15) is 10.2 Å². The Morgan fingerprint density at radius 3 is 2.16 bits per heavy atom.